The third kappa shape index (κ3) is 3.62. The Morgan fingerprint density at radius 3 is 2.84 bits per heavy atom. The van der Waals surface area contributed by atoms with Crippen molar-refractivity contribution in [3.05, 3.63) is 33.8 Å². The normalized spacial score (nSPS) is 21.5. The maximum Gasteiger partial charge on any atom is 0.303 e. The quantitative estimate of drug-likeness (QED) is 0.918. The number of rotatable bonds is 4. The van der Waals surface area contributed by atoms with E-state index in [4.69, 9.17) is 28.3 Å². The highest BCUT2D eigenvalue weighted by Gasteiger charge is 2.28. The minimum Gasteiger partial charge on any atom is -0.481 e. The van der Waals surface area contributed by atoms with Crippen LogP contribution in [-0.4, -0.2) is 29.1 Å². The lowest BCUT2D eigenvalue weighted by Gasteiger charge is -2.25. The summed E-state index contributed by atoms with van der Waals surface area (Å²) in [5.41, 5.74) is 1.12. The number of likely N-dealkylation sites (tertiary alicyclic amines) is 1. The van der Waals surface area contributed by atoms with Gasteiger partial charge in [0.15, 0.2) is 0 Å². The van der Waals surface area contributed by atoms with Crippen LogP contribution in [-0.2, 0) is 4.79 Å². The number of nitrogens with zero attached hydrogens (tertiary/aromatic N) is 1. The van der Waals surface area contributed by atoms with E-state index in [0.29, 0.717) is 10.0 Å². The molecule has 1 aromatic rings. The number of carboxylic acids is 1. The van der Waals surface area contributed by atoms with Gasteiger partial charge in [0, 0.05) is 19.0 Å². The highest BCUT2D eigenvalue weighted by Crippen LogP contribution is 2.31. The van der Waals surface area contributed by atoms with Gasteiger partial charge in [-0.05, 0) is 43.5 Å². The van der Waals surface area contributed by atoms with Gasteiger partial charge in [0.25, 0.3) is 0 Å². The molecule has 2 atom stereocenters. The lowest BCUT2D eigenvalue weighted by Crippen LogP contribution is -2.25. The Labute approximate surface area is 123 Å². The molecule has 5 heteroatoms. The van der Waals surface area contributed by atoms with Crippen LogP contribution < -0.4 is 0 Å². The van der Waals surface area contributed by atoms with Crippen LogP contribution in [0.4, 0.5) is 0 Å². The molecule has 1 saturated heterocycles. The van der Waals surface area contributed by atoms with E-state index in [1.807, 2.05) is 12.1 Å². The molecule has 1 aliphatic rings. The van der Waals surface area contributed by atoms with Crippen LogP contribution >= 0.6 is 23.2 Å². The summed E-state index contributed by atoms with van der Waals surface area (Å²) in [5, 5.41) is 9.95. The number of halogens is 2. The Balaban J connectivity index is 2.02. The average molecular weight is 302 g/mol. The van der Waals surface area contributed by atoms with Crippen LogP contribution in [0.1, 0.15) is 31.4 Å². The van der Waals surface area contributed by atoms with Gasteiger partial charge in [-0.25, -0.2) is 0 Å². The molecule has 2 unspecified atom stereocenters. The molecule has 0 aromatic heterocycles. The van der Waals surface area contributed by atoms with Gasteiger partial charge in [-0.3, -0.25) is 9.69 Å². The Bertz CT molecular complexity index is 479. The molecule has 0 radical (unpaired) electrons. The number of hydrogen-bond donors (Lipinski definition) is 1. The molecule has 0 aliphatic carbocycles. The van der Waals surface area contributed by atoms with Gasteiger partial charge in [-0.1, -0.05) is 29.3 Å². The highest BCUT2D eigenvalue weighted by atomic mass is 35.5. The molecule has 19 heavy (non-hydrogen) atoms. The van der Waals surface area contributed by atoms with Crippen LogP contribution in [0.5, 0.6) is 0 Å². The molecule has 0 saturated carbocycles. The zero-order chi connectivity index (χ0) is 14.0. The lowest BCUT2D eigenvalue weighted by molar-refractivity contribution is -0.138. The predicted octanol–water partition coefficient (Wildman–Crippen LogP) is 3.85. The highest BCUT2D eigenvalue weighted by molar-refractivity contribution is 6.42. The first kappa shape index (κ1) is 14.6. The lowest BCUT2D eigenvalue weighted by atomic mass is 10.1. The Kier molecular flexibility index (Phi) is 4.71. The molecule has 1 fully saturated rings. The summed E-state index contributed by atoms with van der Waals surface area (Å²) in [6.45, 7) is 3.87. The molecule has 0 bridgehead atoms. The fourth-order valence-corrected chi connectivity index (χ4v) is 2.92. The minimum atomic E-state index is -0.714. The SMILES string of the molecule is CC(c1ccc(Cl)c(Cl)c1)N1CCC(CC(=O)O)C1. The van der Waals surface area contributed by atoms with Crippen molar-refractivity contribution < 1.29 is 9.90 Å². The number of carbonyl (C=O) groups is 1. The summed E-state index contributed by atoms with van der Waals surface area (Å²) in [4.78, 5) is 13.0. The standard InChI is InChI=1S/C14H17Cl2NO2/c1-9(11-2-3-12(15)13(16)7-11)17-5-4-10(8-17)6-14(18)19/h2-3,7,9-10H,4-6,8H2,1H3,(H,18,19). The smallest absolute Gasteiger partial charge is 0.303 e. The molecule has 1 heterocycles. The zero-order valence-electron chi connectivity index (χ0n) is 10.8. The van der Waals surface area contributed by atoms with Crippen LogP contribution in [0.3, 0.4) is 0 Å². The van der Waals surface area contributed by atoms with Crippen molar-refractivity contribution in [1.29, 1.82) is 0 Å². The van der Waals surface area contributed by atoms with E-state index in [0.717, 1.165) is 25.1 Å². The second-order valence-electron chi connectivity index (χ2n) is 5.10. The second kappa shape index (κ2) is 6.12. The van der Waals surface area contributed by atoms with E-state index in [-0.39, 0.29) is 18.4 Å². The first-order chi connectivity index (χ1) is 8.97. The van der Waals surface area contributed by atoms with Gasteiger partial charge in [-0.15, -0.1) is 0 Å². The fourth-order valence-electron chi connectivity index (χ4n) is 2.61. The van der Waals surface area contributed by atoms with E-state index in [1.54, 1.807) is 6.07 Å². The molecule has 0 amide bonds. The van der Waals surface area contributed by atoms with Crippen LogP contribution in [0.15, 0.2) is 18.2 Å². The fraction of sp³-hybridized carbons (Fsp3) is 0.500. The van der Waals surface area contributed by atoms with Gasteiger partial charge in [0.1, 0.15) is 0 Å². The van der Waals surface area contributed by atoms with Crippen molar-refractivity contribution in [1.82, 2.24) is 4.90 Å². The summed E-state index contributed by atoms with van der Waals surface area (Å²) in [7, 11) is 0. The number of benzene rings is 1. The summed E-state index contributed by atoms with van der Waals surface area (Å²) in [6.07, 6.45) is 1.20. The van der Waals surface area contributed by atoms with Crippen LogP contribution in [0, 0.1) is 5.92 Å². The predicted molar refractivity (Wildman–Crippen MR) is 76.8 cm³/mol. The maximum absolute atomic E-state index is 10.7. The summed E-state index contributed by atoms with van der Waals surface area (Å²) in [5.74, 6) is -0.461. The van der Waals surface area contributed by atoms with E-state index in [1.165, 1.54) is 0 Å². The Hall–Kier alpha value is -0.770. The van der Waals surface area contributed by atoms with Crippen LogP contribution in [0.25, 0.3) is 0 Å². The molecule has 2 rings (SSSR count). The molecule has 3 nitrogen and oxygen atoms in total. The van der Waals surface area contributed by atoms with Gasteiger partial charge >= 0.3 is 5.97 Å². The Morgan fingerprint density at radius 2 is 2.21 bits per heavy atom. The van der Waals surface area contributed by atoms with Crippen molar-refractivity contribution in [3.8, 4) is 0 Å². The zero-order valence-corrected chi connectivity index (χ0v) is 12.3. The summed E-state index contributed by atoms with van der Waals surface area (Å²) in [6, 6.07) is 5.90. The maximum atomic E-state index is 10.7. The van der Waals surface area contributed by atoms with E-state index >= 15 is 0 Å². The number of hydrogen-bond acceptors (Lipinski definition) is 2. The van der Waals surface area contributed by atoms with Gasteiger partial charge in [-0.2, -0.15) is 0 Å². The van der Waals surface area contributed by atoms with Crippen molar-refractivity contribution in [2.45, 2.75) is 25.8 Å². The van der Waals surface area contributed by atoms with E-state index in [9.17, 15) is 4.79 Å². The van der Waals surface area contributed by atoms with Gasteiger partial charge in [0.05, 0.1) is 10.0 Å². The van der Waals surface area contributed by atoms with Crippen molar-refractivity contribution in [2.75, 3.05) is 13.1 Å². The molecule has 0 spiro atoms. The molecule has 1 aromatic carbocycles. The first-order valence-electron chi connectivity index (χ1n) is 6.38. The first-order valence-corrected chi connectivity index (χ1v) is 7.13. The van der Waals surface area contributed by atoms with E-state index < -0.39 is 5.97 Å². The molecular formula is C14H17Cl2NO2. The van der Waals surface area contributed by atoms with Gasteiger partial charge in [0.2, 0.25) is 0 Å². The van der Waals surface area contributed by atoms with Crippen molar-refractivity contribution in [2.24, 2.45) is 5.92 Å². The molecule has 104 valence electrons. The average Bonchev–Trinajstić information content (AvgIpc) is 2.79. The Morgan fingerprint density at radius 1 is 1.47 bits per heavy atom. The molecule has 1 N–H and O–H groups in total. The van der Waals surface area contributed by atoms with Crippen molar-refractivity contribution >= 4 is 29.2 Å². The number of aliphatic carboxylic acids is 1. The molecular weight excluding hydrogens is 285 g/mol. The van der Waals surface area contributed by atoms with Crippen LogP contribution in [0.2, 0.25) is 10.0 Å². The molecule has 1 aliphatic heterocycles. The second-order valence-corrected chi connectivity index (χ2v) is 5.91. The third-order valence-electron chi connectivity index (χ3n) is 3.75. The minimum absolute atomic E-state index is 0.230. The summed E-state index contributed by atoms with van der Waals surface area (Å²) < 4.78 is 0. The van der Waals surface area contributed by atoms with Gasteiger partial charge < -0.3 is 5.11 Å². The third-order valence-corrected chi connectivity index (χ3v) is 4.49. The van der Waals surface area contributed by atoms with Crippen molar-refractivity contribution in [3.63, 3.8) is 0 Å². The monoisotopic (exact) mass is 301 g/mol. The number of carboxylic acid groups (broad SMARTS) is 1. The van der Waals surface area contributed by atoms with E-state index in [2.05, 4.69) is 11.8 Å². The topological polar surface area (TPSA) is 40.5 Å². The summed E-state index contributed by atoms with van der Waals surface area (Å²) >= 11 is 11.9. The largest absolute Gasteiger partial charge is 0.481 e.